The average Bonchev–Trinajstić information content (AvgIpc) is 2.28. The summed E-state index contributed by atoms with van der Waals surface area (Å²) in [6.07, 6.45) is 2.81. The Morgan fingerprint density at radius 1 is 1.50 bits per heavy atom. The van der Waals surface area contributed by atoms with Gasteiger partial charge in [-0.15, -0.1) is 11.8 Å². The lowest BCUT2D eigenvalue weighted by Gasteiger charge is -2.01. The van der Waals surface area contributed by atoms with Crippen LogP contribution in [0.1, 0.15) is 16.9 Å². The molecule has 6 nitrogen and oxygen atoms in total. The summed E-state index contributed by atoms with van der Waals surface area (Å²) in [5.74, 6) is -1.05. The van der Waals surface area contributed by atoms with Gasteiger partial charge in [-0.1, -0.05) is 0 Å². The number of methoxy groups -OCH3 is 1. The molecule has 0 aliphatic heterocycles. The number of ether oxygens (including phenoxy) is 1. The number of hydrogen-bond donors (Lipinski definition) is 1. The fourth-order valence-corrected chi connectivity index (χ4v) is 1.65. The SMILES string of the molecule is COC(=O)c1cncc(SCCC(=O)O)n1. The minimum absolute atomic E-state index is 0.0365. The first-order chi connectivity index (χ1) is 7.63. The number of nitrogens with zero attached hydrogens (tertiary/aromatic N) is 2. The van der Waals surface area contributed by atoms with Crippen molar-refractivity contribution in [3.8, 4) is 0 Å². The van der Waals surface area contributed by atoms with Gasteiger partial charge in [0.05, 0.1) is 25.9 Å². The van der Waals surface area contributed by atoms with Crippen molar-refractivity contribution >= 4 is 23.7 Å². The maximum Gasteiger partial charge on any atom is 0.358 e. The molecule has 0 radical (unpaired) electrons. The molecule has 0 saturated heterocycles. The molecule has 1 rings (SSSR count). The molecular weight excluding hydrogens is 232 g/mol. The van der Waals surface area contributed by atoms with Gasteiger partial charge in [0.1, 0.15) is 5.03 Å². The predicted octanol–water partition coefficient (Wildman–Crippen LogP) is 0.830. The van der Waals surface area contributed by atoms with Crippen LogP contribution in [0.2, 0.25) is 0 Å². The lowest BCUT2D eigenvalue weighted by Crippen LogP contribution is -2.05. The van der Waals surface area contributed by atoms with E-state index < -0.39 is 11.9 Å². The Labute approximate surface area is 96.0 Å². The van der Waals surface area contributed by atoms with Crippen molar-refractivity contribution in [2.75, 3.05) is 12.9 Å². The summed E-state index contributed by atoms with van der Waals surface area (Å²) in [6, 6.07) is 0. The molecule has 1 aromatic rings. The van der Waals surface area contributed by atoms with E-state index in [9.17, 15) is 9.59 Å². The number of rotatable bonds is 5. The Hall–Kier alpha value is -1.63. The van der Waals surface area contributed by atoms with E-state index in [1.807, 2.05) is 0 Å². The van der Waals surface area contributed by atoms with Crippen molar-refractivity contribution in [3.05, 3.63) is 18.1 Å². The van der Waals surface area contributed by atoms with Gasteiger partial charge in [-0.3, -0.25) is 9.78 Å². The zero-order valence-corrected chi connectivity index (χ0v) is 9.36. The number of thioether (sulfide) groups is 1. The first-order valence-electron chi connectivity index (χ1n) is 4.38. The van der Waals surface area contributed by atoms with E-state index >= 15 is 0 Å². The third kappa shape index (κ3) is 3.85. The van der Waals surface area contributed by atoms with E-state index in [4.69, 9.17) is 5.11 Å². The lowest BCUT2D eigenvalue weighted by atomic mass is 10.5. The average molecular weight is 242 g/mol. The van der Waals surface area contributed by atoms with Crippen LogP contribution in [0.4, 0.5) is 0 Å². The zero-order chi connectivity index (χ0) is 12.0. The smallest absolute Gasteiger partial charge is 0.358 e. The summed E-state index contributed by atoms with van der Waals surface area (Å²) >= 11 is 1.23. The van der Waals surface area contributed by atoms with Crippen LogP contribution in [0.25, 0.3) is 0 Å². The van der Waals surface area contributed by atoms with E-state index in [1.165, 1.54) is 31.3 Å². The van der Waals surface area contributed by atoms with Gasteiger partial charge in [-0.25, -0.2) is 9.78 Å². The molecule has 86 valence electrons. The van der Waals surface area contributed by atoms with Crippen molar-refractivity contribution in [1.29, 1.82) is 0 Å². The Morgan fingerprint density at radius 3 is 2.88 bits per heavy atom. The van der Waals surface area contributed by atoms with Crippen molar-refractivity contribution in [1.82, 2.24) is 9.97 Å². The number of esters is 1. The van der Waals surface area contributed by atoms with E-state index in [1.54, 1.807) is 0 Å². The van der Waals surface area contributed by atoms with Crippen molar-refractivity contribution in [2.45, 2.75) is 11.4 Å². The van der Waals surface area contributed by atoms with Gasteiger partial charge < -0.3 is 9.84 Å². The molecule has 0 aliphatic carbocycles. The molecular formula is C9H10N2O4S. The highest BCUT2D eigenvalue weighted by molar-refractivity contribution is 7.99. The van der Waals surface area contributed by atoms with Gasteiger partial charge in [0, 0.05) is 5.75 Å². The molecule has 0 atom stereocenters. The molecule has 1 heterocycles. The molecule has 0 spiro atoms. The van der Waals surface area contributed by atoms with Gasteiger partial charge >= 0.3 is 11.9 Å². The second-order valence-electron chi connectivity index (χ2n) is 2.73. The topological polar surface area (TPSA) is 89.4 Å². The van der Waals surface area contributed by atoms with E-state index in [-0.39, 0.29) is 12.1 Å². The summed E-state index contributed by atoms with van der Waals surface area (Å²) in [4.78, 5) is 29.2. The molecule has 1 N–H and O–H groups in total. The first kappa shape index (κ1) is 12.4. The number of aliphatic carboxylic acids is 1. The number of carbonyl (C=O) groups excluding carboxylic acids is 1. The zero-order valence-electron chi connectivity index (χ0n) is 8.54. The fraction of sp³-hybridized carbons (Fsp3) is 0.333. The number of carboxylic acid groups (broad SMARTS) is 1. The highest BCUT2D eigenvalue weighted by Crippen LogP contribution is 2.15. The second kappa shape index (κ2) is 6.06. The van der Waals surface area contributed by atoms with Crippen LogP contribution < -0.4 is 0 Å². The number of hydrogen-bond acceptors (Lipinski definition) is 6. The Balaban J connectivity index is 2.60. The maximum atomic E-state index is 11.1. The number of carboxylic acids is 1. The number of carbonyl (C=O) groups is 2. The largest absolute Gasteiger partial charge is 0.481 e. The molecule has 0 aliphatic rings. The van der Waals surface area contributed by atoms with Gasteiger partial charge in [0.2, 0.25) is 0 Å². The Kier molecular flexibility index (Phi) is 4.71. The second-order valence-corrected chi connectivity index (χ2v) is 3.84. The molecule has 1 aromatic heterocycles. The third-order valence-corrected chi connectivity index (χ3v) is 2.47. The number of aromatic nitrogens is 2. The van der Waals surface area contributed by atoms with Crippen LogP contribution in [-0.4, -0.2) is 39.9 Å². The quantitative estimate of drug-likeness (QED) is 0.604. The summed E-state index contributed by atoms with van der Waals surface area (Å²) in [5.41, 5.74) is 0.114. The standard InChI is InChI=1S/C9H10N2O4S/c1-15-9(14)6-4-10-5-7(11-6)16-3-2-8(12)13/h4-5H,2-3H2,1H3,(H,12,13). The van der Waals surface area contributed by atoms with Crippen molar-refractivity contribution < 1.29 is 19.4 Å². The molecule has 0 aromatic carbocycles. The van der Waals surface area contributed by atoms with E-state index in [0.717, 1.165) is 0 Å². The van der Waals surface area contributed by atoms with Crippen LogP contribution in [0.3, 0.4) is 0 Å². The molecule has 0 fully saturated rings. The maximum absolute atomic E-state index is 11.1. The molecule has 7 heteroatoms. The summed E-state index contributed by atoms with van der Waals surface area (Å²) in [7, 11) is 1.26. The first-order valence-corrected chi connectivity index (χ1v) is 5.37. The summed E-state index contributed by atoms with van der Waals surface area (Å²) < 4.78 is 4.49. The van der Waals surface area contributed by atoms with Gasteiger partial charge in [0.15, 0.2) is 5.69 Å². The minimum Gasteiger partial charge on any atom is -0.481 e. The van der Waals surface area contributed by atoms with Crippen LogP contribution in [0.15, 0.2) is 17.4 Å². The van der Waals surface area contributed by atoms with Gasteiger partial charge in [0.25, 0.3) is 0 Å². The van der Waals surface area contributed by atoms with E-state index in [0.29, 0.717) is 10.8 Å². The molecule has 0 saturated carbocycles. The summed E-state index contributed by atoms with van der Waals surface area (Å²) in [5, 5.41) is 8.95. The normalized spacial score (nSPS) is 9.81. The van der Waals surface area contributed by atoms with Gasteiger partial charge in [-0.05, 0) is 0 Å². The van der Waals surface area contributed by atoms with Gasteiger partial charge in [-0.2, -0.15) is 0 Å². The van der Waals surface area contributed by atoms with E-state index in [2.05, 4.69) is 14.7 Å². The van der Waals surface area contributed by atoms with Crippen molar-refractivity contribution in [2.24, 2.45) is 0 Å². The lowest BCUT2D eigenvalue weighted by molar-refractivity contribution is -0.136. The van der Waals surface area contributed by atoms with Crippen LogP contribution in [0, 0.1) is 0 Å². The highest BCUT2D eigenvalue weighted by atomic mass is 32.2. The fourth-order valence-electron chi connectivity index (χ4n) is 0.863. The predicted molar refractivity (Wildman–Crippen MR) is 56.3 cm³/mol. The third-order valence-electron chi connectivity index (χ3n) is 1.57. The minimum atomic E-state index is -0.871. The van der Waals surface area contributed by atoms with Crippen molar-refractivity contribution in [3.63, 3.8) is 0 Å². The summed E-state index contributed by atoms with van der Waals surface area (Å²) in [6.45, 7) is 0. The van der Waals surface area contributed by atoms with Crippen LogP contribution in [-0.2, 0) is 9.53 Å². The van der Waals surface area contributed by atoms with Crippen LogP contribution >= 0.6 is 11.8 Å². The molecule has 0 unspecified atom stereocenters. The Bertz CT molecular complexity index is 397. The highest BCUT2D eigenvalue weighted by Gasteiger charge is 2.08. The Morgan fingerprint density at radius 2 is 2.25 bits per heavy atom. The molecule has 0 amide bonds. The molecule has 0 bridgehead atoms. The van der Waals surface area contributed by atoms with Crippen LogP contribution in [0.5, 0.6) is 0 Å². The molecule has 16 heavy (non-hydrogen) atoms. The monoisotopic (exact) mass is 242 g/mol.